The van der Waals surface area contributed by atoms with Crippen LogP contribution in [0.3, 0.4) is 0 Å². The molecule has 0 bridgehead atoms. The molecule has 0 aromatic rings. The largest absolute Gasteiger partial charge is 0.511 e. The van der Waals surface area contributed by atoms with Gasteiger partial charge >= 0.3 is 0 Å². The molecule has 0 aromatic heterocycles. The van der Waals surface area contributed by atoms with Gasteiger partial charge in [-0.2, -0.15) is 0 Å². The third kappa shape index (κ3) is 5.09. The molecule has 24 heavy (non-hydrogen) atoms. The number of aliphatic hydroxyl groups is 1. The van der Waals surface area contributed by atoms with Crippen molar-refractivity contribution in [2.75, 3.05) is 6.61 Å². The summed E-state index contributed by atoms with van der Waals surface area (Å²) in [7, 11) is 0. The lowest BCUT2D eigenvalue weighted by molar-refractivity contribution is -0.117. The van der Waals surface area contributed by atoms with Crippen LogP contribution in [0.1, 0.15) is 84.5 Å². The quantitative estimate of drug-likeness (QED) is 0.527. The number of carbonyl (C=O) groups excluding carboxylic acids is 1. The lowest BCUT2D eigenvalue weighted by Gasteiger charge is -2.31. The van der Waals surface area contributed by atoms with Crippen molar-refractivity contribution in [1.82, 2.24) is 0 Å². The van der Waals surface area contributed by atoms with Crippen LogP contribution in [0.2, 0.25) is 0 Å². The molecule has 0 saturated heterocycles. The molecule has 4 heteroatoms. The Morgan fingerprint density at radius 1 is 1.08 bits per heavy atom. The highest BCUT2D eigenvalue weighted by atomic mass is 16.6. The van der Waals surface area contributed by atoms with Gasteiger partial charge in [0.15, 0.2) is 5.78 Å². The van der Waals surface area contributed by atoms with Crippen molar-refractivity contribution in [3.8, 4) is 0 Å². The van der Waals surface area contributed by atoms with E-state index >= 15 is 0 Å². The van der Waals surface area contributed by atoms with E-state index < -0.39 is 0 Å². The van der Waals surface area contributed by atoms with E-state index in [2.05, 4.69) is 5.16 Å². The number of oxime groups is 1. The first-order chi connectivity index (χ1) is 11.7. The number of hydrogen-bond acceptors (Lipinski definition) is 4. The van der Waals surface area contributed by atoms with Crippen molar-refractivity contribution in [3.63, 3.8) is 0 Å². The zero-order valence-electron chi connectivity index (χ0n) is 15.4. The van der Waals surface area contributed by atoms with Gasteiger partial charge in [-0.3, -0.25) is 4.79 Å². The van der Waals surface area contributed by atoms with Gasteiger partial charge in [-0.1, -0.05) is 63.4 Å². The molecule has 2 aliphatic carbocycles. The van der Waals surface area contributed by atoms with Crippen LogP contribution >= 0.6 is 0 Å². The smallest absolute Gasteiger partial charge is 0.168 e. The number of allylic oxidation sites excluding steroid dienone is 2. The SMILES string of the molecule is CCCC(=NOCC)C1=C(O)CC(C2CCCCCCC2)CC1=O. The minimum Gasteiger partial charge on any atom is -0.511 e. The molecule has 1 fully saturated rings. The number of aliphatic hydroxyl groups excluding tert-OH is 1. The van der Waals surface area contributed by atoms with Gasteiger partial charge in [0.2, 0.25) is 0 Å². The molecule has 1 atom stereocenters. The summed E-state index contributed by atoms with van der Waals surface area (Å²) in [6.07, 6.45) is 11.6. The van der Waals surface area contributed by atoms with Crippen molar-refractivity contribution in [3.05, 3.63) is 11.3 Å². The van der Waals surface area contributed by atoms with Gasteiger partial charge in [-0.25, -0.2) is 0 Å². The zero-order valence-corrected chi connectivity index (χ0v) is 15.4. The summed E-state index contributed by atoms with van der Waals surface area (Å²) in [5.41, 5.74) is 1.06. The molecule has 136 valence electrons. The molecule has 0 heterocycles. The maximum atomic E-state index is 12.7. The Bertz CT molecular complexity index is 473. The molecule has 0 aliphatic heterocycles. The molecule has 1 N–H and O–H groups in total. The highest BCUT2D eigenvalue weighted by molar-refractivity contribution is 6.23. The minimum absolute atomic E-state index is 0.0534. The summed E-state index contributed by atoms with van der Waals surface area (Å²) in [4.78, 5) is 17.9. The topological polar surface area (TPSA) is 58.9 Å². The fraction of sp³-hybridized carbons (Fsp3) is 0.800. The second kappa shape index (κ2) is 9.85. The summed E-state index contributed by atoms with van der Waals surface area (Å²) in [6, 6.07) is 0. The van der Waals surface area contributed by atoms with Gasteiger partial charge in [0, 0.05) is 12.8 Å². The van der Waals surface area contributed by atoms with E-state index in [1.54, 1.807) is 0 Å². The Balaban J connectivity index is 2.13. The zero-order chi connectivity index (χ0) is 17.4. The average Bonchev–Trinajstić information content (AvgIpc) is 2.51. The maximum Gasteiger partial charge on any atom is 0.168 e. The van der Waals surface area contributed by atoms with Crippen molar-refractivity contribution in [1.29, 1.82) is 0 Å². The number of ketones is 1. The lowest BCUT2D eigenvalue weighted by Crippen LogP contribution is -2.29. The normalized spacial score (nSPS) is 24.7. The van der Waals surface area contributed by atoms with E-state index in [0.717, 1.165) is 6.42 Å². The van der Waals surface area contributed by atoms with E-state index in [1.165, 1.54) is 44.9 Å². The van der Waals surface area contributed by atoms with E-state index in [9.17, 15) is 9.90 Å². The summed E-state index contributed by atoms with van der Waals surface area (Å²) in [5, 5.41) is 14.7. The van der Waals surface area contributed by atoms with Gasteiger partial charge in [0.1, 0.15) is 12.4 Å². The van der Waals surface area contributed by atoms with E-state index in [1.807, 2.05) is 13.8 Å². The Morgan fingerprint density at radius 2 is 1.75 bits per heavy atom. The highest BCUT2D eigenvalue weighted by Crippen LogP contribution is 2.38. The van der Waals surface area contributed by atoms with E-state index in [0.29, 0.717) is 49.0 Å². The van der Waals surface area contributed by atoms with Crippen molar-refractivity contribution in [2.45, 2.75) is 84.5 Å². The fourth-order valence-electron chi connectivity index (χ4n) is 4.14. The van der Waals surface area contributed by atoms with Gasteiger partial charge in [0.05, 0.1) is 11.3 Å². The molecule has 4 nitrogen and oxygen atoms in total. The molecule has 1 saturated carbocycles. The molecule has 0 aromatic carbocycles. The van der Waals surface area contributed by atoms with Crippen molar-refractivity contribution >= 4 is 11.5 Å². The van der Waals surface area contributed by atoms with Crippen LogP contribution in [-0.4, -0.2) is 23.2 Å². The number of carbonyl (C=O) groups is 1. The fourth-order valence-corrected chi connectivity index (χ4v) is 4.14. The molecular weight excluding hydrogens is 302 g/mol. The second-order valence-corrected chi connectivity index (χ2v) is 7.22. The first-order valence-electron chi connectivity index (χ1n) is 9.81. The molecule has 2 rings (SSSR count). The molecular formula is C20H33NO3. The number of nitrogens with zero attached hydrogens (tertiary/aromatic N) is 1. The summed E-state index contributed by atoms with van der Waals surface area (Å²) < 4.78 is 0. The van der Waals surface area contributed by atoms with Gasteiger partial charge in [-0.15, -0.1) is 0 Å². The minimum atomic E-state index is 0.0534. The van der Waals surface area contributed by atoms with Crippen LogP contribution in [0.4, 0.5) is 0 Å². The molecule has 2 aliphatic rings. The molecule has 0 radical (unpaired) electrons. The van der Waals surface area contributed by atoms with Gasteiger partial charge in [-0.05, 0) is 25.2 Å². The third-order valence-electron chi connectivity index (χ3n) is 5.37. The van der Waals surface area contributed by atoms with Crippen LogP contribution in [0.25, 0.3) is 0 Å². The molecule has 1 unspecified atom stereocenters. The monoisotopic (exact) mass is 335 g/mol. The van der Waals surface area contributed by atoms with Crippen LogP contribution in [0, 0.1) is 11.8 Å². The number of Topliss-reactive ketones (excluding diaryl/α,β-unsaturated/α-hetero) is 1. The lowest BCUT2D eigenvalue weighted by atomic mass is 9.73. The number of rotatable bonds is 6. The first kappa shape index (κ1) is 19.0. The Labute approximate surface area is 146 Å². The third-order valence-corrected chi connectivity index (χ3v) is 5.37. The Morgan fingerprint density at radius 3 is 2.33 bits per heavy atom. The van der Waals surface area contributed by atoms with E-state index in [4.69, 9.17) is 4.84 Å². The van der Waals surface area contributed by atoms with E-state index in [-0.39, 0.29) is 11.5 Å². The number of hydrogen-bond donors (Lipinski definition) is 1. The first-order valence-corrected chi connectivity index (χ1v) is 9.81. The molecule has 0 spiro atoms. The van der Waals surface area contributed by atoms with Crippen LogP contribution in [0.5, 0.6) is 0 Å². The highest BCUT2D eigenvalue weighted by Gasteiger charge is 2.34. The standard InChI is InChI=1S/C20H33NO3/c1-3-10-17(21-24-4-2)20-18(22)13-16(14-19(20)23)15-11-8-6-5-7-9-12-15/h15-16,22H,3-14H2,1-2H3. The Kier molecular flexibility index (Phi) is 7.80. The molecule has 0 amide bonds. The average molecular weight is 335 g/mol. The summed E-state index contributed by atoms with van der Waals surface area (Å²) >= 11 is 0. The summed E-state index contributed by atoms with van der Waals surface area (Å²) in [6.45, 7) is 4.39. The van der Waals surface area contributed by atoms with Crippen LogP contribution in [0.15, 0.2) is 16.5 Å². The predicted molar refractivity (Wildman–Crippen MR) is 97.2 cm³/mol. The van der Waals surface area contributed by atoms with Crippen LogP contribution in [-0.2, 0) is 9.63 Å². The van der Waals surface area contributed by atoms with Crippen molar-refractivity contribution < 1.29 is 14.7 Å². The second-order valence-electron chi connectivity index (χ2n) is 7.22. The van der Waals surface area contributed by atoms with Gasteiger partial charge in [0.25, 0.3) is 0 Å². The van der Waals surface area contributed by atoms with Crippen molar-refractivity contribution in [2.24, 2.45) is 17.0 Å². The predicted octanol–water partition coefficient (Wildman–Crippen LogP) is 5.33. The maximum absolute atomic E-state index is 12.7. The van der Waals surface area contributed by atoms with Crippen LogP contribution < -0.4 is 0 Å². The summed E-state index contributed by atoms with van der Waals surface area (Å²) in [5.74, 6) is 1.17. The van der Waals surface area contributed by atoms with Gasteiger partial charge < -0.3 is 9.94 Å². The Hall–Kier alpha value is -1.32.